The molecule has 0 aliphatic rings. The number of hydrogen-bond donors (Lipinski definition) is 1. The molecule has 2 aromatic rings. The van der Waals surface area contributed by atoms with Crippen molar-refractivity contribution in [1.82, 2.24) is 5.32 Å². The minimum atomic E-state index is -0.248. The summed E-state index contributed by atoms with van der Waals surface area (Å²) in [5.74, 6) is 0.323. The summed E-state index contributed by atoms with van der Waals surface area (Å²) in [6, 6.07) is 14.6. The highest BCUT2D eigenvalue weighted by molar-refractivity contribution is 5.42. The molecule has 20 heavy (non-hydrogen) atoms. The van der Waals surface area contributed by atoms with Gasteiger partial charge in [-0.2, -0.15) is 0 Å². The molecule has 0 spiro atoms. The number of rotatable bonds is 6. The lowest BCUT2D eigenvalue weighted by Gasteiger charge is -2.22. The first-order chi connectivity index (χ1) is 9.77. The lowest BCUT2D eigenvalue weighted by molar-refractivity contribution is 0.396. The molecule has 2 rings (SSSR count). The van der Waals surface area contributed by atoms with Gasteiger partial charge in [0.2, 0.25) is 0 Å². The Kier molecular flexibility index (Phi) is 5.13. The molecule has 2 nitrogen and oxygen atoms in total. The van der Waals surface area contributed by atoms with Gasteiger partial charge >= 0.3 is 0 Å². The van der Waals surface area contributed by atoms with Crippen LogP contribution in [0.15, 0.2) is 48.5 Å². The third kappa shape index (κ3) is 3.17. The van der Waals surface area contributed by atoms with E-state index >= 15 is 0 Å². The molecule has 0 saturated heterocycles. The Morgan fingerprint density at radius 3 is 2.50 bits per heavy atom. The Labute approximate surface area is 119 Å². The maximum absolute atomic E-state index is 14.3. The van der Waals surface area contributed by atoms with Gasteiger partial charge in [0.25, 0.3) is 0 Å². The molecule has 1 atom stereocenters. The summed E-state index contributed by atoms with van der Waals surface area (Å²) in [6.45, 7) is 2.91. The number of methoxy groups -OCH3 is 1. The van der Waals surface area contributed by atoms with Crippen molar-refractivity contribution in [2.24, 2.45) is 0 Å². The Bertz CT molecular complexity index is 542. The van der Waals surface area contributed by atoms with Crippen LogP contribution in [0.1, 0.15) is 30.5 Å². The van der Waals surface area contributed by atoms with Gasteiger partial charge in [0.1, 0.15) is 11.6 Å². The number of nitrogens with one attached hydrogen (secondary N) is 1. The first kappa shape index (κ1) is 14.5. The van der Waals surface area contributed by atoms with E-state index in [-0.39, 0.29) is 11.9 Å². The van der Waals surface area contributed by atoms with Gasteiger partial charge in [0, 0.05) is 0 Å². The SMILES string of the molecule is CCCNC(c1ccccc1)c1c(F)cccc1OC. The molecule has 3 heteroatoms. The van der Waals surface area contributed by atoms with Gasteiger partial charge in [-0.1, -0.05) is 43.3 Å². The molecule has 0 amide bonds. The van der Waals surface area contributed by atoms with Crippen LogP contribution in [0.5, 0.6) is 5.75 Å². The minimum absolute atomic E-state index is 0.202. The Morgan fingerprint density at radius 1 is 1.10 bits per heavy atom. The molecular weight excluding hydrogens is 253 g/mol. The van der Waals surface area contributed by atoms with Gasteiger partial charge < -0.3 is 10.1 Å². The van der Waals surface area contributed by atoms with Crippen molar-refractivity contribution in [2.75, 3.05) is 13.7 Å². The van der Waals surface area contributed by atoms with Crippen LogP contribution in [0.2, 0.25) is 0 Å². The maximum Gasteiger partial charge on any atom is 0.132 e. The first-order valence-corrected chi connectivity index (χ1v) is 6.88. The molecule has 0 radical (unpaired) electrons. The predicted octanol–water partition coefficient (Wildman–Crippen LogP) is 3.92. The average Bonchev–Trinajstić information content (AvgIpc) is 2.50. The van der Waals surface area contributed by atoms with Gasteiger partial charge in [0.05, 0.1) is 18.7 Å². The fourth-order valence-electron chi connectivity index (χ4n) is 2.30. The highest BCUT2D eigenvalue weighted by Gasteiger charge is 2.21. The fourth-order valence-corrected chi connectivity index (χ4v) is 2.30. The van der Waals surface area contributed by atoms with Crippen LogP contribution in [-0.2, 0) is 0 Å². The average molecular weight is 273 g/mol. The molecule has 0 aliphatic heterocycles. The highest BCUT2D eigenvalue weighted by atomic mass is 19.1. The van der Waals surface area contributed by atoms with Gasteiger partial charge in [0.15, 0.2) is 0 Å². The standard InChI is InChI=1S/C17H20FNO/c1-3-12-19-17(13-8-5-4-6-9-13)16-14(18)10-7-11-15(16)20-2/h4-11,17,19H,3,12H2,1-2H3. The molecular formula is C17H20FNO. The van der Waals surface area contributed by atoms with Crippen LogP contribution >= 0.6 is 0 Å². The fraction of sp³-hybridized carbons (Fsp3) is 0.294. The van der Waals surface area contributed by atoms with Gasteiger partial charge in [-0.3, -0.25) is 0 Å². The number of benzene rings is 2. The smallest absolute Gasteiger partial charge is 0.132 e. The summed E-state index contributed by atoms with van der Waals surface area (Å²) in [7, 11) is 1.57. The molecule has 0 fully saturated rings. The molecule has 106 valence electrons. The highest BCUT2D eigenvalue weighted by Crippen LogP contribution is 2.32. The van der Waals surface area contributed by atoms with Crippen LogP contribution in [0.25, 0.3) is 0 Å². The second-order valence-electron chi connectivity index (χ2n) is 4.65. The Morgan fingerprint density at radius 2 is 1.85 bits per heavy atom. The van der Waals surface area contributed by atoms with E-state index in [1.165, 1.54) is 6.07 Å². The van der Waals surface area contributed by atoms with E-state index in [1.807, 2.05) is 30.3 Å². The van der Waals surface area contributed by atoms with E-state index in [1.54, 1.807) is 19.2 Å². The molecule has 0 saturated carbocycles. The second-order valence-corrected chi connectivity index (χ2v) is 4.65. The van der Waals surface area contributed by atoms with Crippen molar-refractivity contribution < 1.29 is 9.13 Å². The largest absolute Gasteiger partial charge is 0.496 e. The third-order valence-electron chi connectivity index (χ3n) is 3.25. The van der Waals surface area contributed by atoms with Crippen molar-refractivity contribution >= 4 is 0 Å². The van der Waals surface area contributed by atoms with E-state index in [2.05, 4.69) is 12.2 Å². The predicted molar refractivity (Wildman–Crippen MR) is 79.5 cm³/mol. The Balaban J connectivity index is 2.46. The first-order valence-electron chi connectivity index (χ1n) is 6.88. The van der Waals surface area contributed by atoms with Gasteiger partial charge in [-0.25, -0.2) is 4.39 Å². The number of halogens is 1. The van der Waals surface area contributed by atoms with Crippen molar-refractivity contribution in [3.63, 3.8) is 0 Å². The lowest BCUT2D eigenvalue weighted by atomic mass is 9.97. The minimum Gasteiger partial charge on any atom is -0.496 e. The topological polar surface area (TPSA) is 21.3 Å². The molecule has 1 N–H and O–H groups in total. The summed E-state index contributed by atoms with van der Waals surface area (Å²) in [4.78, 5) is 0. The van der Waals surface area contributed by atoms with E-state index < -0.39 is 0 Å². The molecule has 0 aliphatic carbocycles. The van der Waals surface area contributed by atoms with Crippen LogP contribution in [0.4, 0.5) is 4.39 Å². The van der Waals surface area contributed by atoms with E-state index in [0.29, 0.717) is 11.3 Å². The second kappa shape index (κ2) is 7.06. The normalized spacial score (nSPS) is 12.2. The summed E-state index contributed by atoms with van der Waals surface area (Å²) in [6.07, 6.45) is 0.986. The Hall–Kier alpha value is -1.87. The lowest BCUT2D eigenvalue weighted by Crippen LogP contribution is -2.24. The van der Waals surface area contributed by atoms with Crippen LogP contribution in [0.3, 0.4) is 0 Å². The van der Waals surface area contributed by atoms with E-state index in [4.69, 9.17) is 4.74 Å². The van der Waals surface area contributed by atoms with Crippen LogP contribution in [0, 0.1) is 5.82 Å². The summed E-state index contributed by atoms with van der Waals surface area (Å²) < 4.78 is 19.6. The third-order valence-corrected chi connectivity index (χ3v) is 3.25. The van der Waals surface area contributed by atoms with E-state index in [9.17, 15) is 4.39 Å². The molecule has 0 heterocycles. The van der Waals surface area contributed by atoms with Crippen LogP contribution < -0.4 is 10.1 Å². The van der Waals surface area contributed by atoms with Gasteiger partial charge in [-0.05, 0) is 30.7 Å². The summed E-state index contributed by atoms with van der Waals surface area (Å²) in [5, 5.41) is 3.40. The van der Waals surface area contributed by atoms with Crippen molar-refractivity contribution in [1.29, 1.82) is 0 Å². The zero-order valence-corrected chi connectivity index (χ0v) is 11.9. The summed E-state index contributed by atoms with van der Waals surface area (Å²) >= 11 is 0. The van der Waals surface area contributed by atoms with Crippen molar-refractivity contribution in [3.8, 4) is 5.75 Å². The number of ether oxygens (including phenoxy) is 1. The van der Waals surface area contributed by atoms with Crippen LogP contribution in [-0.4, -0.2) is 13.7 Å². The summed E-state index contributed by atoms with van der Waals surface area (Å²) in [5.41, 5.74) is 1.60. The zero-order valence-electron chi connectivity index (χ0n) is 11.9. The van der Waals surface area contributed by atoms with Crippen molar-refractivity contribution in [3.05, 3.63) is 65.5 Å². The van der Waals surface area contributed by atoms with E-state index in [0.717, 1.165) is 18.5 Å². The molecule has 2 aromatic carbocycles. The quantitative estimate of drug-likeness (QED) is 0.861. The monoisotopic (exact) mass is 273 g/mol. The molecule has 1 unspecified atom stereocenters. The molecule has 0 bridgehead atoms. The zero-order chi connectivity index (χ0) is 14.4. The van der Waals surface area contributed by atoms with Crippen molar-refractivity contribution in [2.45, 2.75) is 19.4 Å². The number of hydrogen-bond acceptors (Lipinski definition) is 2. The maximum atomic E-state index is 14.3. The molecule has 0 aromatic heterocycles. The van der Waals surface area contributed by atoms with Gasteiger partial charge in [-0.15, -0.1) is 0 Å².